The first-order valence-corrected chi connectivity index (χ1v) is 7.08. The molecule has 0 spiro atoms. The molecule has 0 aromatic heterocycles. The molecule has 0 amide bonds. The van der Waals surface area contributed by atoms with Gasteiger partial charge in [0, 0.05) is 5.69 Å². The summed E-state index contributed by atoms with van der Waals surface area (Å²) in [5, 5.41) is 0.155. The Bertz CT molecular complexity index is 702. The van der Waals surface area contributed by atoms with Crippen LogP contribution in [0.4, 0.5) is 15.8 Å². The van der Waals surface area contributed by atoms with Crippen LogP contribution in [0.25, 0.3) is 0 Å². The fourth-order valence-electron chi connectivity index (χ4n) is 1.41. The number of sulfonamides is 1. The largest absolute Gasteiger partial charge is 0.398 e. The third-order valence-corrected chi connectivity index (χ3v) is 4.08. The summed E-state index contributed by atoms with van der Waals surface area (Å²) in [6, 6.07) is 8.97. The third kappa shape index (κ3) is 3.15. The summed E-state index contributed by atoms with van der Waals surface area (Å²) in [5.74, 6) is -0.446. The van der Waals surface area contributed by atoms with Crippen molar-refractivity contribution in [2.45, 2.75) is 4.90 Å². The van der Waals surface area contributed by atoms with Crippen molar-refractivity contribution in [2.75, 3.05) is 10.5 Å². The van der Waals surface area contributed by atoms with E-state index in [2.05, 4.69) is 4.72 Å². The van der Waals surface area contributed by atoms with E-state index < -0.39 is 15.8 Å². The standard InChI is InChI=1S/C12H10ClFN2O2S/c13-11-7-10(5-6-12(11)15)19(17,18)16-9-3-1-8(14)2-4-9/h1-7,16H,15H2. The van der Waals surface area contributed by atoms with Crippen LogP contribution in [0.2, 0.25) is 5.02 Å². The number of anilines is 2. The summed E-state index contributed by atoms with van der Waals surface area (Å²) in [4.78, 5) is -0.0176. The Kier molecular flexibility index (Phi) is 3.64. The zero-order valence-electron chi connectivity index (χ0n) is 9.60. The smallest absolute Gasteiger partial charge is 0.261 e. The molecule has 0 aliphatic carbocycles. The SMILES string of the molecule is Nc1ccc(S(=O)(=O)Nc2ccc(F)cc2)cc1Cl. The third-order valence-electron chi connectivity index (χ3n) is 2.38. The lowest BCUT2D eigenvalue weighted by Crippen LogP contribution is -2.13. The van der Waals surface area contributed by atoms with Crippen molar-refractivity contribution in [1.29, 1.82) is 0 Å². The number of benzene rings is 2. The number of hydrogen-bond donors (Lipinski definition) is 2. The van der Waals surface area contributed by atoms with Gasteiger partial charge in [0.15, 0.2) is 0 Å². The summed E-state index contributed by atoms with van der Waals surface area (Å²) in [5.41, 5.74) is 6.06. The first kappa shape index (κ1) is 13.6. The van der Waals surface area contributed by atoms with Gasteiger partial charge >= 0.3 is 0 Å². The van der Waals surface area contributed by atoms with Gasteiger partial charge in [0.2, 0.25) is 0 Å². The monoisotopic (exact) mass is 300 g/mol. The van der Waals surface area contributed by atoms with Crippen molar-refractivity contribution in [2.24, 2.45) is 0 Å². The molecule has 0 saturated carbocycles. The molecule has 19 heavy (non-hydrogen) atoms. The Morgan fingerprint density at radius 2 is 1.74 bits per heavy atom. The lowest BCUT2D eigenvalue weighted by atomic mass is 10.3. The molecular formula is C12H10ClFN2O2S. The minimum Gasteiger partial charge on any atom is -0.398 e. The zero-order valence-corrected chi connectivity index (χ0v) is 11.2. The fourth-order valence-corrected chi connectivity index (χ4v) is 2.74. The molecule has 0 heterocycles. The molecule has 2 rings (SSSR count). The molecule has 0 aliphatic heterocycles. The second-order valence-corrected chi connectivity index (χ2v) is 5.89. The van der Waals surface area contributed by atoms with Crippen molar-refractivity contribution >= 4 is 33.0 Å². The highest BCUT2D eigenvalue weighted by molar-refractivity contribution is 7.92. The van der Waals surface area contributed by atoms with E-state index in [1.807, 2.05) is 0 Å². The molecule has 0 bridgehead atoms. The summed E-state index contributed by atoms with van der Waals surface area (Å²) in [7, 11) is -3.78. The average molecular weight is 301 g/mol. The van der Waals surface area contributed by atoms with Crippen molar-refractivity contribution in [3.63, 3.8) is 0 Å². The molecule has 0 atom stereocenters. The minimum atomic E-state index is -3.78. The number of hydrogen-bond acceptors (Lipinski definition) is 3. The van der Waals surface area contributed by atoms with Crippen molar-refractivity contribution in [1.82, 2.24) is 0 Å². The van der Waals surface area contributed by atoms with Gasteiger partial charge < -0.3 is 5.73 Å². The first-order valence-electron chi connectivity index (χ1n) is 5.22. The van der Waals surface area contributed by atoms with Gasteiger partial charge in [0.05, 0.1) is 15.6 Å². The number of nitrogen functional groups attached to an aromatic ring is 1. The zero-order chi connectivity index (χ0) is 14.0. The van der Waals surface area contributed by atoms with Crippen LogP contribution in [0.5, 0.6) is 0 Å². The molecular weight excluding hydrogens is 291 g/mol. The molecule has 0 aliphatic rings. The Labute approximate surface area is 115 Å². The average Bonchev–Trinajstić information content (AvgIpc) is 2.35. The van der Waals surface area contributed by atoms with Gasteiger partial charge in [-0.15, -0.1) is 0 Å². The Morgan fingerprint density at radius 1 is 1.11 bits per heavy atom. The number of nitrogens with one attached hydrogen (secondary N) is 1. The highest BCUT2D eigenvalue weighted by Crippen LogP contribution is 2.24. The lowest BCUT2D eigenvalue weighted by Gasteiger charge is -2.09. The summed E-state index contributed by atoms with van der Waals surface area (Å²) in [6.07, 6.45) is 0. The van der Waals surface area contributed by atoms with Gasteiger partial charge in [-0.1, -0.05) is 11.6 Å². The molecule has 0 unspecified atom stereocenters. The number of rotatable bonds is 3. The first-order chi connectivity index (χ1) is 8.88. The van der Waals surface area contributed by atoms with Gasteiger partial charge in [-0.05, 0) is 42.5 Å². The predicted molar refractivity (Wildman–Crippen MR) is 73.1 cm³/mol. The molecule has 0 radical (unpaired) electrons. The summed E-state index contributed by atoms with van der Waals surface area (Å²) >= 11 is 5.78. The van der Waals surface area contributed by atoms with E-state index >= 15 is 0 Å². The molecule has 0 fully saturated rings. The Hall–Kier alpha value is -1.79. The van der Waals surface area contributed by atoms with Crippen molar-refractivity contribution in [3.8, 4) is 0 Å². The maximum absolute atomic E-state index is 12.7. The van der Waals surface area contributed by atoms with Crippen LogP contribution in [0.3, 0.4) is 0 Å². The van der Waals surface area contributed by atoms with Gasteiger partial charge in [-0.25, -0.2) is 12.8 Å². The van der Waals surface area contributed by atoms with Crippen LogP contribution in [0, 0.1) is 5.82 Å². The van der Waals surface area contributed by atoms with E-state index in [-0.39, 0.29) is 15.6 Å². The van der Waals surface area contributed by atoms with Crippen LogP contribution in [-0.2, 0) is 10.0 Å². The molecule has 2 aromatic carbocycles. The second kappa shape index (κ2) is 5.07. The molecule has 0 saturated heterocycles. The summed E-state index contributed by atoms with van der Waals surface area (Å²) in [6.45, 7) is 0. The van der Waals surface area contributed by atoms with Gasteiger partial charge in [0.25, 0.3) is 10.0 Å². The van der Waals surface area contributed by atoms with Crippen LogP contribution in [-0.4, -0.2) is 8.42 Å². The van der Waals surface area contributed by atoms with E-state index in [9.17, 15) is 12.8 Å². The maximum atomic E-state index is 12.7. The summed E-state index contributed by atoms with van der Waals surface area (Å²) < 4.78 is 39.1. The second-order valence-electron chi connectivity index (χ2n) is 3.80. The van der Waals surface area contributed by atoms with E-state index in [4.69, 9.17) is 17.3 Å². The lowest BCUT2D eigenvalue weighted by molar-refractivity contribution is 0.601. The van der Waals surface area contributed by atoms with E-state index in [0.29, 0.717) is 5.69 Å². The van der Waals surface area contributed by atoms with Crippen molar-refractivity contribution < 1.29 is 12.8 Å². The molecule has 4 nitrogen and oxygen atoms in total. The predicted octanol–water partition coefficient (Wildman–Crippen LogP) is 2.86. The normalized spacial score (nSPS) is 11.3. The van der Waals surface area contributed by atoms with Gasteiger partial charge in [-0.2, -0.15) is 0 Å². The minimum absolute atomic E-state index is 0.0176. The Balaban J connectivity index is 2.32. The van der Waals surface area contributed by atoms with E-state index in [1.165, 1.54) is 30.3 Å². The van der Waals surface area contributed by atoms with Crippen LogP contribution >= 0.6 is 11.6 Å². The van der Waals surface area contributed by atoms with E-state index in [1.54, 1.807) is 0 Å². The topological polar surface area (TPSA) is 72.2 Å². The molecule has 100 valence electrons. The maximum Gasteiger partial charge on any atom is 0.261 e. The van der Waals surface area contributed by atoms with E-state index in [0.717, 1.165) is 12.1 Å². The molecule has 2 aromatic rings. The van der Waals surface area contributed by atoms with Crippen LogP contribution < -0.4 is 10.5 Å². The van der Waals surface area contributed by atoms with Crippen LogP contribution in [0.15, 0.2) is 47.4 Å². The van der Waals surface area contributed by atoms with Gasteiger partial charge in [0.1, 0.15) is 5.82 Å². The number of nitrogens with two attached hydrogens (primary N) is 1. The highest BCUT2D eigenvalue weighted by Gasteiger charge is 2.15. The molecule has 7 heteroatoms. The fraction of sp³-hybridized carbons (Fsp3) is 0. The van der Waals surface area contributed by atoms with Crippen molar-refractivity contribution in [3.05, 3.63) is 53.3 Å². The quantitative estimate of drug-likeness (QED) is 0.856. The van der Waals surface area contributed by atoms with Crippen LogP contribution in [0.1, 0.15) is 0 Å². The van der Waals surface area contributed by atoms with Gasteiger partial charge in [-0.3, -0.25) is 4.72 Å². The number of halogens is 2. The highest BCUT2D eigenvalue weighted by atomic mass is 35.5. The molecule has 3 N–H and O–H groups in total. The Morgan fingerprint density at radius 3 is 2.32 bits per heavy atom.